The van der Waals surface area contributed by atoms with Crippen LogP contribution in [0.1, 0.15) is 105 Å². The number of hydrogen-bond donors (Lipinski definition) is 0. The summed E-state index contributed by atoms with van der Waals surface area (Å²) in [5, 5.41) is 0.273. The summed E-state index contributed by atoms with van der Waals surface area (Å²) in [5.74, 6) is 0. The van der Waals surface area contributed by atoms with Crippen LogP contribution in [0.15, 0.2) is 42.5 Å². The summed E-state index contributed by atoms with van der Waals surface area (Å²) in [6.45, 7) is 27.0. The molecule has 2 nitrogen and oxygen atoms in total. The number of rotatable bonds is 2. The zero-order valence-electron chi connectivity index (χ0n) is 23.8. The van der Waals surface area contributed by atoms with Crippen LogP contribution in [-0.4, -0.2) is 9.97 Å². The van der Waals surface area contributed by atoms with Crippen LogP contribution in [0, 0.1) is 0 Å². The highest BCUT2D eigenvalue weighted by molar-refractivity contribution is 6.28. The van der Waals surface area contributed by atoms with Crippen molar-refractivity contribution >= 4 is 11.6 Å². The quantitative estimate of drug-likeness (QED) is 0.334. The van der Waals surface area contributed by atoms with Gasteiger partial charge in [-0.15, -0.1) is 0 Å². The summed E-state index contributed by atoms with van der Waals surface area (Å²) in [6, 6.07) is 15.8. The molecule has 0 spiro atoms. The van der Waals surface area contributed by atoms with Gasteiger partial charge in [0, 0.05) is 11.1 Å². The number of nitrogens with zero attached hydrogens (tertiary/aromatic N) is 2. The monoisotopic (exact) mass is 490 g/mol. The zero-order chi connectivity index (χ0) is 26.6. The van der Waals surface area contributed by atoms with Gasteiger partial charge in [0.2, 0.25) is 5.28 Å². The lowest BCUT2D eigenvalue weighted by atomic mass is 9.79. The Balaban J connectivity index is 2.27. The van der Waals surface area contributed by atoms with Crippen molar-refractivity contribution in [3.8, 4) is 22.5 Å². The molecule has 0 atom stereocenters. The fourth-order valence-corrected chi connectivity index (χ4v) is 4.18. The van der Waals surface area contributed by atoms with Crippen molar-refractivity contribution in [3.63, 3.8) is 0 Å². The van der Waals surface area contributed by atoms with E-state index in [1.165, 1.54) is 22.3 Å². The van der Waals surface area contributed by atoms with Crippen molar-refractivity contribution in [2.45, 2.75) is 105 Å². The van der Waals surface area contributed by atoms with Crippen molar-refractivity contribution in [1.82, 2.24) is 9.97 Å². The molecular weight excluding hydrogens is 448 g/mol. The maximum atomic E-state index is 6.55. The van der Waals surface area contributed by atoms with E-state index >= 15 is 0 Å². The molecule has 35 heavy (non-hydrogen) atoms. The second-order valence-corrected chi connectivity index (χ2v) is 14.3. The largest absolute Gasteiger partial charge is 0.223 e. The van der Waals surface area contributed by atoms with E-state index in [-0.39, 0.29) is 26.9 Å². The SMILES string of the molecule is CC(C)(C)c1cc(-c2cc(-c3cc(C(C)(C)C)cc(C(C)(C)C)c3)nc(Cl)n2)cc(C(C)(C)C)c1. The number of benzene rings is 2. The normalized spacial score (nSPS) is 13.3. The van der Waals surface area contributed by atoms with E-state index < -0.39 is 0 Å². The fourth-order valence-electron chi connectivity index (χ4n) is 4.00. The maximum absolute atomic E-state index is 6.55. The second-order valence-electron chi connectivity index (χ2n) is 14.0. The van der Waals surface area contributed by atoms with Gasteiger partial charge in [-0.25, -0.2) is 9.97 Å². The Labute approximate surface area is 218 Å². The van der Waals surface area contributed by atoms with Gasteiger partial charge >= 0.3 is 0 Å². The summed E-state index contributed by atoms with van der Waals surface area (Å²) in [6.07, 6.45) is 0. The van der Waals surface area contributed by atoms with Gasteiger partial charge in [-0.3, -0.25) is 0 Å². The van der Waals surface area contributed by atoms with Crippen LogP contribution < -0.4 is 0 Å². The highest BCUT2D eigenvalue weighted by atomic mass is 35.5. The predicted octanol–water partition coefficient (Wildman–Crippen LogP) is 9.65. The molecule has 0 fully saturated rings. The minimum Gasteiger partial charge on any atom is -0.218 e. The summed E-state index contributed by atoms with van der Waals surface area (Å²) in [5.41, 5.74) is 9.15. The van der Waals surface area contributed by atoms with Gasteiger partial charge in [-0.1, -0.05) is 95.2 Å². The Bertz CT molecular complexity index is 1070. The predicted molar refractivity (Wildman–Crippen MR) is 153 cm³/mol. The summed E-state index contributed by atoms with van der Waals surface area (Å²) in [4.78, 5) is 9.35. The Hall–Kier alpha value is -2.19. The first-order chi connectivity index (χ1) is 15.7. The van der Waals surface area contributed by atoms with Crippen LogP contribution in [0.3, 0.4) is 0 Å². The van der Waals surface area contributed by atoms with Crippen LogP contribution in [0.2, 0.25) is 5.28 Å². The van der Waals surface area contributed by atoms with Gasteiger partial charge in [0.15, 0.2) is 0 Å². The number of aromatic nitrogens is 2. The molecule has 2 aromatic carbocycles. The highest BCUT2D eigenvalue weighted by Crippen LogP contribution is 2.37. The van der Waals surface area contributed by atoms with Crippen molar-refractivity contribution in [2.75, 3.05) is 0 Å². The van der Waals surface area contributed by atoms with E-state index in [2.05, 4.69) is 136 Å². The summed E-state index contributed by atoms with van der Waals surface area (Å²) < 4.78 is 0. The molecule has 1 heterocycles. The molecule has 0 radical (unpaired) electrons. The molecule has 188 valence electrons. The molecule has 0 saturated heterocycles. The average Bonchev–Trinajstić information content (AvgIpc) is 2.70. The van der Waals surface area contributed by atoms with Gasteiger partial charge in [0.1, 0.15) is 0 Å². The van der Waals surface area contributed by atoms with E-state index in [1.807, 2.05) is 0 Å². The Morgan fingerprint density at radius 2 is 0.686 bits per heavy atom. The van der Waals surface area contributed by atoms with Gasteiger partial charge in [0.05, 0.1) is 11.4 Å². The highest BCUT2D eigenvalue weighted by Gasteiger charge is 2.23. The molecule has 0 saturated carbocycles. The third-order valence-corrected chi connectivity index (χ3v) is 6.79. The minimum atomic E-state index is 0.0261. The van der Waals surface area contributed by atoms with Crippen LogP contribution in [0.4, 0.5) is 0 Å². The first-order valence-electron chi connectivity index (χ1n) is 12.6. The Morgan fingerprint density at radius 1 is 0.429 bits per heavy atom. The van der Waals surface area contributed by atoms with Crippen molar-refractivity contribution in [3.05, 3.63) is 70.0 Å². The molecule has 3 aromatic rings. The van der Waals surface area contributed by atoms with Gasteiger partial charge in [-0.05, 0) is 85.8 Å². The minimum absolute atomic E-state index is 0.0261. The smallest absolute Gasteiger partial charge is 0.218 e. The van der Waals surface area contributed by atoms with Crippen LogP contribution in [0.5, 0.6) is 0 Å². The third kappa shape index (κ3) is 6.53. The molecule has 0 bridgehead atoms. The lowest BCUT2D eigenvalue weighted by Gasteiger charge is -2.26. The maximum Gasteiger partial charge on any atom is 0.223 e. The first-order valence-corrected chi connectivity index (χ1v) is 13.0. The van der Waals surface area contributed by atoms with Crippen LogP contribution in [0.25, 0.3) is 22.5 Å². The third-order valence-electron chi connectivity index (χ3n) is 6.62. The van der Waals surface area contributed by atoms with E-state index in [0.717, 1.165) is 22.5 Å². The topological polar surface area (TPSA) is 25.8 Å². The molecule has 0 aliphatic heterocycles. The van der Waals surface area contributed by atoms with Gasteiger partial charge < -0.3 is 0 Å². The van der Waals surface area contributed by atoms with Crippen molar-refractivity contribution in [1.29, 1.82) is 0 Å². The lowest BCUT2D eigenvalue weighted by Crippen LogP contribution is -2.17. The number of halogens is 1. The van der Waals surface area contributed by atoms with Crippen molar-refractivity contribution in [2.24, 2.45) is 0 Å². The standard InChI is InChI=1S/C32H43ClN2/c1-29(2,3)22-13-20(14-23(17-22)30(4,5)6)26-19-27(35-28(33)34-26)21-15-24(31(7,8)9)18-25(16-21)32(10,11)12/h13-19H,1-12H3. The summed E-state index contributed by atoms with van der Waals surface area (Å²) >= 11 is 6.55. The molecule has 0 aliphatic rings. The van der Waals surface area contributed by atoms with Crippen LogP contribution in [-0.2, 0) is 21.7 Å². The molecule has 0 unspecified atom stereocenters. The Kier molecular flexibility index (Phi) is 7.07. The molecule has 1 aromatic heterocycles. The second kappa shape index (κ2) is 9.04. The molecule has 0 aliphatic carbocycles. The van der Waals surface area contributed by atoms with Crippen molar-refractivity contribution < 1.29 is 0 Å². The summed E-state index contributed by atoms with van der Waals surface area (Å²) in [7, 11) is 0. The van der Waals surface area contributed by atoms with E-state index in [4.69, 9.17) is 11.6 Å². The first kappa shape index (κ1) is 27.4. The molecule has 0 amide bonds. The van der Waals surface area contributed by atoms with E-state index in [9.17, 15) is 0 Å². The van der Waals surface area contributed by atoms with Gasteiger partial charge in [0.25, 0.3) is 0 Å². The van der Waals surface area contributed by atoms with E-state index in [1.54, 1.807) is 0 Å². The van der Waals surface area contributed by atoms with Crippen LogP contribution >= 0.6 is 11.6 Å². The molecule has 3 heteroatoms. The lowest BCUT2D eigenvalue weighted by molar-refractivity contribution is 0.568. The Morgan fingerprint density at radius 3 is 0.914 bits per heavy atom. The van der Waals surface area contributed by atoms with Gasteiger partial charge in [-0.2, -0.15) is 0 Å². The molecular formula is C32H43ClN2. The fraction of sp³-hybridized carbons (Fsp3) is 0.500. The van der Waals surface area contributed by atoms with E-state index in [0.29, 0.717) is 0 Å². The molecule has 0 N–H and O–H groups in total. The zero-order valence-corrected chi connectivity index (χ0v) is 24.6. The molecule has 3 rings (SSSR count). The number of hydrogen-bond acceptors (Lipinski definition) is 2. The average molecular weight is 491 g/mol.